The highest BCUT2D eigenvalue weighted by Crippen LogP contribution is 1.91. The van der Waals surface area contributed by atoms with Crippen LogP contribution in [-0.2, 0) is 19.1 Å². The Balaban J connectivity index is 4.20. The molecule has 92 valence electrons. The maximum absolute atomic E-state index is 11.3. The molecule has 0 fully saturated rings. The van der Waals surface area contributed by atoms with Crippen LogP contribution < -0.4 is 5.73 Å². The SMILES string of the molecule is NCCOCC(=O)N(CC(=O)O)CC(=O)O. The first-order chi connectivity index (χ1) is 7.47. The average molecular weight is 234 g/mol. The van der Waals surface area contributed by atoms with Gasteiger partial charge in [-0.1, -0.05) is 0 Å². The first kappa shape index (κ1) is 14.3. The number of carbonyl (C=O) groups is 3. The molecule has 0 aliphatic carbocycles. The van der Waals surface area contributed by atoms with Gasteiger partial charge in [-0.05, 0) is 0 Å². The van der Waals surface area contributed by atoms with Crippen molar-refractivity contribution in [3.63, 3.8) is 0 Å². The summed E-state index contributed by atoms with van der Waals surface area (Å²) in [5.74, 6) is -3.26. The molecule has 0 aromatic carbocycles. The van der Waals surface area contributed by atoms with Crippen LogP contribution in [0.4, 0.5) is 0 Å². The van der Waals surface area contributed by atoms with Crippen molar-refractivity contribution in [2.45, 2.75) is 0 Å². The van der Waals surface area contributed by atoms with Crippen molar-refractivity contribution in [1.29, 1.82) is 0 Å². The van der Waals surface area contributed by atoms with Gasteiger partial charge < -0.3 is 25.6 Å². The first-order valence-electron chi connectivity index (χ1n) is 4.46. The van der Waals surface area contributed by atoms with E-state index in [0.29, 0.717) is 4.90 Å². The summed E-state index contributed by atoms with van der Waals surface area (Å²) >= 11 is 0. The normalized spacial score (nSPS) is 9.81. The monoisotopic (exact) mass is 234 g/mol. The van der Waals surface area contributed by atoms with E-state index in [1.165, 1.54) is 0 Å². The Labute approximate surface area is 91.6 Å². The number of aliphatic carboxylic acids is 2. The standard InChI is InChI=1S/C8H14N2O6/c9-1-2-16-5-6(11)10(3-7(12)13)4-8(14)15/h1-5,9H2,(H,12,13)(H,14,15). The molecule has 4 N–H and O–H groups in total. The molecule has 8 heteroatoms. The molecule has 1 amide bonds. The lowest BCUT2D eigenvalue weighted by Crippen LogP contribution is -2.41. The van der Waals surface area contributed by atoms with Crippen LogP contribution in [-0.4, -0.2) is 65.8 Å². The van der Waals surface area contributed by atoms with Crippen LogP contribution in [0, 0.1) is 0 Å². The fourth-order valence-electron chi connectivity index (χ4n) is 0.893. The molecule has 0 aromatic heterocycles. The quantitative estimate of drug-likeness (QED) is 0.412. The largest absolute Gasteiger partial charge is 0.480 e. The number of hydrogen-bond donors (Lipinski definition) is 3. The van der Waals surface area contributed by atoms with E-state index in [9.17, 15) is 14.4 Å². The predicted octanol–water partition coefficient (Wildman–Crippen LogP) is -2.04. The molecule has 0 heterocycles. The van der Waals surface area contributed by atoms with Gasteiger partial charge in [0, 0.05) is 6.54 Å². The Bertz CT molecular complexity index is 251. The van der Waals surface area contributed by atoms with Crippen molar-refractivity contribution in [2.75, 3.05) is 32.8 Å². The fraction of sp³-hybridized carbons (Fsp3) is 0.625. The van der Waals surface area contributed by atoms with Crippen molar-refractivity contribution in [3.8, 4) is 0 Å². The van der Waals surface area contributed by atoms with Crippen LogP contribution in [0.5, 0.6) is 0 Å². The third-order valence-electron chi connectivity index (χ3n) is 1.49. The van der Waals surface area contributed by atoms with Crippen molar-refractivity contribution in [3.05, 3.63) is 0 Å². The number of rotatable bonds is 8. The highest BCUT2D eigenvalue weighted by atomic mass is 16.5. The summed E-state index contributed by atoms with van der Waals surface area (Å²) in [4.78, 5) is 32.8. The van der Waals surface area contributed by atoms with E-state index in [-0.39, 0.29) is 19.8 Å². The van der Waals surface area contributed by atoms with Crippen molar-refractivity contribution in [2.24, 2.45) is 5.73 Å². The summed E-state index contributed by atoms with van der Waals surface area (Å²) in [6.45, 7) is -1.34. The van der Waals surface area contributed by atoms with Gasteiger partial charge in [0.25, 0.3) is 0 Å². The van der Waals surface area contributed by atoms with Crippen LogP contribution in [0.2, 0.25) is 0 Å². The molecule has 0 aromatic rings. The minimum absolute atomic E-state index is 0.153. The van der Waals surface area contributed by atoms with Gasteiger partial charge in [0.15, 0.2) is 0 Å². The maximum Gasteiger partial charge on any atom is 0.323 e. The second-order valence-corrected chi connectivity index (χ2v) is 2.88. The average Bonchev–Trinajstić information content (AvgIpc) is 2.15. The summed E-state index contributed by atoms with van der Waals surface area (Å²) in [5, 5.41) is 16.9. The van der Waals surface area contributed by atoms with E-state index in [1.807, 2.05) is 0 Å². The summed E-state index contributed by atoms with van der Waals surface area (Å²) in [6, 6.07) is 0. The van der Waals surface area contributed by atoms with Crippen LogP contribution in [0.1, 0.15) is 0 Å². The molecule has 0 atom stereocenters. The van der Waals surface area contributed by atoms with E-state index in [1.54, 1.807) is 0 Å². The third kappa shape index (κ3) is 6.74. The Kier molecular flexibility index (Phi) is 6.81. The van der Waals surface area contributed by atoms with Crippen molar-refractivity contribution < 1.29 is 29.3 Å². The first-order valence-corrected chi connectivity index (χ1v) is 4.46. The van der Waals surface area contributed by atoms with Gasteiger partial charge in [0.1, 0.15) is 19.7 Å². The van der Waals surface area contributed by atoms with Gasteiger partial charge in [0.2, 0.25) is 5.91 Å². The number of amides is 1. The number of nitrogens with two attached hydrogens (primary N) is 1. The molecule has 8 nitrogen and oxygen atoms in total. The summed E-state index contributed by atoms with van der Waals surface area (Å²) in [6.07, 6.45) is 0. The molecule has 0 unspecified atom stereocenters. The minimum atomic E-state index is -1.28. The maximum atomic E-state index is 11.3. The molecule has 0 saturated heterocycles. The zero-order chi connectivity index (χ0) is 12.6. The highest BCUT2D eigenvalue weighted by Gasteiger charge is 2.19. The van der Waals surface area contributed by atoms with Crippen LogP contribution in [0.15, 0.2) is 0 Å². The van der Waals surface area contributed by atoms with Gasteiger partial charge in [0.05, 0.1) is 6.61 Å². The number of nitrogens with zero attached hydrogens (tertiary/aromatic N) is 1. The molecule has 0 aliphatic rings. The summed E-state index contributed by atoms with van der Waals surface area (Å²) < 4.78 is 4.79. The highest BCUT2D eigenvalue weighted by molar-refractivity contribution is 5.85. The lowest BCUT2D eigenvalue weighted by atomic mass is 10.4. The zero-order valence-electron chi connectivity index (χ0n) is 8.59. The summed E-state index contributed by atoms with van der Waals surface area (Å²) in [5.41, 5.74) is 5.11. The fourth-order valence-corrected chi connectivity index (χ4v) is 0.893. The number of carboxylic acids is 2. The smallest absolute Gasteiger partial charge is 0.323 e. The predicted molar refractivity (Wildman–Crippen MR) is 51.7 cm³/mol. The second kappa shape index (κ2) is 7.60. The van der Waals surface area contributed by atoms with Gasteiger partial charge >= 0.3 is 11.9 Å². The van der Waals surface area contributed by atoms with Gasteiger partial charge in [-0.2, -0.15) is 0 Å². The van der Waals surface area contributed by atoms with E-state index in [2.05, 4.69) is 0 Å². The Hall–Kier alpha value is -1.67. The van der Waals surface area contributed by atoms with Crippen LogP contribution >= 0.6 is 0 Å². The molecule has 0 spiro atoms. The molecule has 0 rings (SSSR count). The van der Waals surface area contributed by atoms with Crippen molar-refractivity contribution in [1.82, 2.24) is 4.90 Å². The third-order valence-corrected chi connectivity index (χ3v) is 1.49. The zero-order valence-corrected chi connectivity index (χ0v) is 8.59. The Morgan fingerprint density at radius 2 is 1.62 bits per heavy atom. The molecule has 0 saturated carbocycles. The van der Waals surface area contributed by atoms with Crippen LogP contribution in [0.25, 0.3) is 0 Å². The Morgan fingerprint density at radius 1 is 1.12 bits per heavy atom. The molecule has 0 radical (unpaired) electrons. The summed E-state index contributed by atoms with van der Waals surface area (Å²) in [7, 11) is 0. The second-order valence-electron chi connectivity index (χ2n) is 2.88. The van der Waals surface area contributed by atoms with Crippen LogP contribution in [0.3, 0.4) is 0 Å². The van der Waals surface area contributed by atoms with E-state index in [4.69, 9.17) is 20.7 Å². The lowest BCUT2D eigenvalue weighted by molar-refractivity contribution is -0.151. The molecule has 16 heavy (non-hydrogen) atoms. The number of carboxylic acid groups (broad SMARTS) is 2. The van der Waals surface area contributed by atoms with E-state index in [0.717, 1.165) is 0 Å². The molecular weight excluding hydrogens is 220 g/mol. The van der Waals surface area contributed by atoms with E-state index < -0.39 is 30.9 Å². The number of hydrogen-bond acceptors (Lipinski definition) is 5. The van der Waals surface area contributed by atoms with Crippen molar-refractivity contribution >= 4 is 17.8 Å². The minimum Gasteiger partial charge on any atom is -0.480 e. The van der Waals surface area contributed by atoms with Gasteiger partial charge in [-0.15, -0.1) is 0 Å². The molecule has 0 bridgehead atoms. The lowest BCUT2D eigenvalue weighted by Gasteiger charge is -2.18. The van der Waals surface area contributed by atoms with Gasteiger partial charge in [-0.25, -0.2) is 0 Å². The topological polar surface area (TPSA) is 130 Å². The van der Waals surface area contributed by atoms with Gasteiger partial charge in [-0.3, -0.25) is 14.4 Å². The number of ether oxygens (including phenoxy) is 1. The molecular formula is C8H14N2O6. The Morgan fingerprint density at radius 3 is 2.00 bits per heavy atom. The number of carbonyl (C=O) groups excluding carboxylic acids is 1. The molecule has 0 aliphatic heterocycles. The van der Waals surface area contributed by atoms with E-state index >= 15 is 0 Å².